The van der Waals surface area contributed by atoms with Gasteiger partial charge in [-0.05, 0) is 146 Å². The van der Waals surface area contributed by atoms with Crippen LogP contribution < -0.4 is 5.32 Å². The normalized spacial score (nSPS) is 42.4. The molecule has 7 aliphatic rings. The lowest BCUT2D eigenvalue weighted by molar-refractivity contribution is -0.0404. The molecule has 6 aliphatic carbocycles. The topological polar surface area (TPSA) is 18.5 Å². The summed E-state index contributed by atoms with van der Waals surface area (Å²) in [6, 6.07) is 4.39. The van der Waals surface area contributed by atoms with Gasteiger partial charge in [-0.2, -0.15) is 0 Å². The number of nitrogens with one attached hydrogen (secondary N) is 1. The van der Waals surface area contributed by atoms with Crippen LogP contribution in [0.5, 0.6) is 0 Å². The van der Waals surface area contributed by atoms with Crippen molar-refractivity contribution in [2.75, 3.05) is 6.54 Å². The summed E-state index contributed by atoms with van der Waals surface area (Å²) in [5.41, 5.74) is 0. The molecule has 3 nitrogen and oxygen atoms in total. The van der Waals surface area contributed by atoms with Crippen LogP contribution in [0.1, 0.15) is 193 Å². The standard InChI is InChI=1S/C42H75N3/c1-32-14-5-4-12-31-43-42(44(32)37-17-6-2-7-18-37)36-25-23-33(24-26-36)34-27-29-39(30-28-34)45(38-19-8-3-9-20-38)41-22-13-16-35-15-10-11-21-40(35)41/h32-43H,2-31H2,1H3/t32?,33?,34?,35?,36?,39?,40-,41?,42?/m1/s1. The Hall–Kier alpha value is -0.120. The van der Waals surface area contributed by atoms with Gasteiger partial charge in [0.05, 0.1) is 6.17 Å². The van der Waals surface area contributed by atoms with Crippen LogP contribution >= 0.6 is 0 Å². The highest BCUT2D eigenvalue weighted by Crippen LogP contribution is 2.48. The van der Waals surface area contributed by atoms with E-state index in [-0.39, 0.29) is 0 Å². The maximum Gasteiger partial charge on any atom is 0.0630 e. The fourth-order valence-corrected chi connectivity index (χ4v) is 13.2. The Morgan fingerprint density at radius 2 is 1.00 bits per heavy atom. The smallest absolute Gasteiger partial charge is 0.0630 e. The molecule has 1 N–H and O–H groups in total. The Balaban J connectivity index is 0.966. The number of rotatable bonds is 6. The first-order chi connectivity index (χ1) is 22.3. The van der Waals surface area contributed by atoms with E-state index in [1.54, 1.807) is 32.1 Å². The first-order valence-electron chi connectivity index (χ1n) is 21.5. The molecule has 4 unspecified atom stereocenters. The number of fused-ring (bicyclic) bond motifs is 1. The van der Waals surface area contributed by atoms with E-state index in [0.29, 0.717) is 6.17 Å². The van der Waals surface area contributed by atoms with Crippen LogP contribution in [0.2, 0.25) is 0 Å². The molecule has 0 bridgehead atoms. The zero-order valence-electron chi connectivity index (χ0n) is 30.0. The molecule has 258 valence electrons. The summed E-state index contributed by atoms with van der Waals surface area (Å²) in [6.07, 6.45) is 44.2. The molecule has 1 aliphatic heterocycles. The molecule has 1 saturated heterocycles. The fourth-order valence-electron chi connectivity index (χ4n) is 13.2. The minimum atomic E-state index is 0.654. The molecular weight excluding hydrogens is 546 g/mol. The van der Waals surface area contributed by atoms with Gasteiger partial charge in [0.25, 0.3) is 0 Å². The van der Waals surface area contributed by atoms with E-state index in [1.165, 1.54) is 161 Å². The first-order valence-corrected chi connectivity index (χ1v) is 21.5. The van der Waals surface area contributed by atoms with Crippen LogP contribution in [-0.4, -0.2) is 52.7 Å². The molecule has 45 heavy (non-hydrogen) atoms. The third-order valence-electron chi connectivity index (χ3n) is 15.5. The maximum absolute atomic E-state index is 4.22. The van der Waals surface area contributed by atoms with Crippen molar-refractivity contribution in [2.24, 2.45) is 29.6 Å². The lowest BCUT2D eigenvalue weighted by Gasteiger charge is -2.54. The minimum absolute atomic E-state index is 0.654. The Morgan fingerprint density at radius 3 is 1.76 bits per heavy atom. The van der Waals surface area contributed by atoms with Crippen molar-refractivity contribution >= 4 is 0 Å². The summed E-state index contributed by atoms with van der Waals surface area (Å²) >= 11 is 0. The Bertz CT molecular complexity index is 844. The van der Waals surface area contributed by atoms with Crippen LogP contribution in [0, 0.1) is 29.6 Å². The molecule has 0 aromatic carbocycles. The second-order valence-electron chi connectivity index (χ2n) is 18.0. The number of hydrogen-bond acceptors (Lipinski definition) is 3. The molecule has 0 radical (unpaired) electrons. The van der Waals surface area contributed by atoms with Crippen LogP contribution in [0.15, 0.2) is 0 Å². The van der Waals surface area contributed by atoms with Gasteiger partial charge in [0.2, 0.25) is 0 Å². The van der Waals surface area contributed by atoms with Gasteiger partial charge < -0.3 is 5.32 Å². The third-order valence-corrected chi connectivity index (χ3v) is 15.5. The van der Waals surface area contributed by atoms with Crippen molar-refractivity contribution in [3.8, 4) is 0 Å². The van der Waals surface area contributed by atoms with E-state index in [1.807, 2.05) is 0 Å². The van der Waals surface area contributed by atoms with Gasteiger partial charge in [0.15, 0.2) is 0 Å². The fraction of sp³-hybridized carbons (Fsp3) is 1.00. The zero-order valence-corrected chi connectivity index (χ0v) is 30.0. The second kappa shape index (κ2) is 16.5. The minimum Gasteiger partial charge on any atom is -0.301 e. The Kier molecular flexibility index (Phi) is 12.3. The second-order valence-corrected chi connectivity index (χ2v) is 18.0. The first kappa shape index (κ1) is 33.4. The monoisotopic (exact) mass is 622 g/mol. The molecule has 0 spiro atoms. The molecule has 5 atom stereocenters. The third kappa shape index (κ3) is 8.03. The van der Waals surface area contributed by atoms with Crippen LogP contribution in [0.4, 0.5) is 0 Å². The van der Waals surface area contributed by atoms with Crippen LogP contribution in [0.3, 0.4) is 0 Å². The quantitative estimate of drug-likeness (QED) is 0.318. The van der Waals surface area contributed by atoms with Crippen LogP contribution in [-0.2, 0) is 0 Å². The summed E-state index contributed by atoms with van der Waals surface area (Å²) < 4.78 is 0. The summed E-state index contributed by atoms with van der Waals surface area (Å²) in [6.45, 7) is 3.85. The summed E-state index contributed by atoms with van der Waals surface area (Å²) in [4.78, 5) is 6.39. The van der Waals surface area contributed by atoms with E-state index in [4.69, 9.17) is 0 Å². The molecule has 0 aromatic rings. The van der Waals surface area contributed by atoms with Crippen molar-refractivity contribution in [3.63, 3.8) is 0 Å². The highest BCUT2D eigenvalue weighted by atomic mass is 15.3. The number of nitrogens with zero attached hydrogens (tertiary/aromatic N) is 2. The molecule has 6 saturated carbocycles. The van der Waals surface area contributed by atoms with E-state index in [2.05, 4.69) is 22.0 Å². The maximum atomic E-state index is 4.22. The Labute approximate surface area is 280 Å². The van der Waals surface area contributed by atoms with Crippen molar-refractivity contribution in [1.82, 2.24) is 15.1 Å². The van der Waals surface area contributed by atoms with Crippen molar-refractivity contribution < 1.29 is 0 Å². The predicted octanol–water partition coefficient (Wildman–Crippen LogP) is 10.9. The van der Waals surface area contributed by atoms with Gasteiger partial charge in [0.1, 0.15) is 0 Å². The molecule has 7 fully saturated rings. The zero-order chi connectivity index (χ0) is 30.4. The van der Waals surface area contributed by atoms with Crippen molar-refractivity contribution in [2.45, 2.75) is 230 Å². The number of hydrogen-bond donors (Lipinski definition) is 1. The lowest BCUT2D eigenvalue weighted by atomic mass is 9.66. The van der Waals surface area contributed by atoms with Gasteiger partial charge in [-0.25, -0.2) is 0 Å². The van der Waals surface area contributed by atoms with Gasteiger partial charge in [0, 0.05) is 30.2 Å². The van der Waals surface area contributed by atoms with Gasteiger partial charge in [-0.1, -0.05) is 83.5 Å². The molecule has 3 heteroatoms. The molecule has 0 aromatic heterocycles. The summed E-state index contributed by atoms with van der Waals surface area (Å²) in [7, 11) is 0. The largest absolute Gasteiger partial charge is 0.301 e. The highest BCUT2D eigenvalue weighted by Gasteiger charge is 2.44. The molecular formula is C42H75N3. The average molecular weight is 622 g/mol. The molecule has 0 amide bonds. The van der Waals surface area contributed by atoms with Gasteiger partial charge in [-0.3, -0.25) is 9.80 Å². The van der Waals surface area contributed by atoms with Crippen molar-refractivity contribution in [1.29, 1.82) is 0 Å². The van der Waals surface area contributed by atoms with Crippen molar-refractivity contribution in [3.05, 3.63) is 0 Å². The van der Waals surface area contributed by atoms with E-state index in [0.717, 1.165) is 59.8 Å². The molecule has 1 heterocycles. The summed E-state index contributed by atoms with van der Waals surface area (Å²) in [5.74, 6) is 5.07. The lowest BCUT2D eigenvalue weighted by Crippen LogP contribution is -2.58. The van der Waals surface area contributed by atoms with Gasteiger partial charge >= 0.3 is 0 Å². The van der Waals surface area contributed by atoms with E-state index < -0.39 is 0 Å². The predicted molar refractivity (Wildman–Crippen MR) is 191 cm³/mol. The van der Waals surface area contributed by atoms with Gasteiger partial charge in [-0.15, -0.1) is 0 Å². The van der Waals surface area contributed by atoms with E-state index in [9.17, 15) is 0 Å². The Morgan fingerprint density at radius 1 is 0.444 bits per heavy atom. The SMILES string of the molecule is CC1CCCCCNC(C2CCC(C3CCC(N(C4CCCCC4)C4CCCC5CCCC[C@H]54)CC3)CC2)N1C1CCCCC1. The van der Waals surface area contributed by atoms with Crippen LogP contribution in [0.25, 0.3) is 0 Å². The highest BCUT2D eigenvalue weighted by molar-refractivity contribution is 4.98. The average Bonchev–Trinajstić information content (AvgIpc) is 3.20. The van der Waals surface area contributed by atoms with E-state index >= 15 is 0 Å². The molecule has 7 rings (SSSR count). The summed E-state index contributed by atoms with van der Waals surface area (Å²) in [5, 5.41) is 4.22.